The van der Waals surface area contributed by atoms with E-state index < -0.39 is 5.60 Å². The lowest BCUT2D eigenvalue weighted by atomic mass is 10.1. The Labute approximate surface area is 169 Å². The van der Waals surface area contributed by atoms with Gasteiger partial charge in [0.15, 0.2) is 5.60 Å². The first-order valence-corrected chi connectivity index (χ1v) is 10.3. The highest BCUT2D eigenvalue weighted by Gasteiger charge is 2.32. The van der Waals surface area contributed by atoms with Crippen LogP contribution in [-0.4, -0.2) is 49.3 Å². The van der Waals surface area contributed by atoms with Crippen LogP contribution in [0.25, 0.3) is 0 Å². The van der Waals surface area contributed by atoms with Gasteiger partial charge in [-0.25, -0.2) is 0 Å². The van der Waals surface area contributed by atoms with Crippen molar-refractivity contribution in [2.75, 3.05) is 32.8 Å². The van der Waals surface area contributed by atoms with Crippen molar-refractivity contribution >= 4 is 28.8 Å². The van der Waals surface area contributed by atoms with Crippen molar-refractivity contribution in [3.63, 3.8) is 0 Å². The average Bonchev–Trinajstić information content (AvgIpc) is 3.19. The van der Waals surface area contributed by atoms with Crippen LogP contribution in [0.5, 0.6) is 5.75 Å². The maximum atomic E-state index is 12.8. The second-order valence-electron chi connectivity index (χ2n) is 6.96. The third-order valence-corrected chi connectivity index (χ3v) is 5.77. The minimum atomic E-state index is -0.987. The van der Waals surface area contributed by atoms with Gasteiger partial charge in [-0.3, -0.25) is 9.69 Å². The molecule has 5 nitrogen and oxygen atoms in total. The molecule has 2 heterocycles. The van der Waals surface area contributed by atoms with E-state index in [0.717, 1.165) is 26.3 Å². The molecule has 0 spiro atoms. The third kappa shape index (κ3) is 5.45. The van der Waals surface area contributed by atoms with Crippen LogP contribution >= 0.6 is 22.9 Å². The molecule has 7 heteroatoms. The highest BCUT2D eigenvalue weighted by Crippen LogP contribution is 2.26. The number of nitrogens with one attached hydrogen (secondary N) is 1. The quantitative estimate of drug-likeness (QED) is 0.758. The van der Waals surface area contributed by atoms with Crippen LogP contribution in [0.3, 0.4) is 0 Å². The summed E-state index contributed by atoms with van der Waals surface area (Å²) in [4.78, 5) is 16.4. The summed E-state index contributed by atoms with van der Waals surface area (Å²) >= 11 is 7.62. The fourth-order valence-corrected chi connectivity index (χ4v) is 4.01. The Morgan fingerprint density at radius 2 is 2.00 bits per heavy atom. The molecule has 1 aliphatic rings. The van der Waals surface area contributed by atoms with Gasteiger partial charge in [0.25, 0.3) is 5.91 Å². The lowest BCUT2D eigenvalue weighted by Crippen LogP contribution is -2.50. The Morgan fingerprint density at radius 3 is 2.63 bits per heavy atom. The zero-order chi connectivity index (χ0) is 19.3. The minimum absolute atomic E-state index is 0.143. The van der Waals surface area contributed by atoms with Crippen molar-refractivity contribution in [2.24, 2.45) is 0 Å². The standard InChI is InChI=1S/C20H25ClN2O3S/c1-20(2,26-16-7-5-15(21)6-8-16)19(24)22-14-17(18-4-3-13-27-18)23-9-11-25-12-10-23/h3-8,13,17H,9-12,14H2,1-2H3,(H,22,24)/t17-/m1/s1. The molecule has 1 aliphatic heterocycles. The molecule has 1 fully saturated rings. The van der Waals surface area contributed by atoms with Crippen LogP contribution in [0, 0.1) is 0 Å². The Balaban J connectivity index is 1.63. The van der Waals surface area contributed by atoms with Crippen molar-refractivity contribution in [1.29, 1.82) is 0 Å². The van der Waals surface area contributed by atoms with Gasteiger partial charge in [-0.2, -0.15) is 0 Å². The SMILES string of the molecule is CC(C)(Oc1ccc(Cl)cc1)C(=O)NC[C@H](c1cccs1)N1CCOCC1. The Hall–Kier alpha value is -1.60. The van der Waals surface area contributed by atoms with E-state index in [1.807, 2.05) is 6.07 Å². The van der Waals surface area contributed by atoms with E-state index in [1.54, 1.807) is 49.4 Å². The molecule has 27 heavy (non-hydrogen) atoms. The molecule has 1 saturated heterocycles. The summed E-state index contributed by atoms with van der Waals surface area (Å²) in [5, 5.41) is 5.78. The number of halogens is 1. The molecule has 1 aromatic carbocycles. The highest BCUT2D eigenvalue weighted by atomic mass is 35.5. The molecule has 1 amide bonds. The van der Waals surface area contributed by atoms with E-state index in [9.17, 15) is 4.79 Å². The number of carbonyl (C=O) groups excluding carboxylic acids is 1. The number of benzene rings is 1. The predicted molar refractivity (Wildman–Crippen MR) is 109 cm³/mol. The van der Waals surface area contributed by atoms with Crippen molar-refractivity contribution < 1.29 is 14.3 Å². The maximum Gasteiger partial charge on any atom is 0.263 e. The van der Waals surface area contributed by atoms with Crippen LogP contribution < -0.4 is 10.1 Å². The number of morpholine rings is 1. The Morgan fingerprint density at radius 1 is 1.30 bits per heavy atom. The summed E-state index contributed by atoms with van der Waals surface area (Å²) in [6.07, 6.45) is 0. The van der Waals surface area contributed by atoms with Gasteiger partial charge in [0, 0.05) is 29.5 Å². The van der Waals surface area contributed by atoms with Gasteiger partial charge >= 0.3 is 0 Å². The first-order chi connectivity index (χ1) is 13.0. The number of nitrogens with zero attached hydrogens (tertiary/aromatic N) is 1. The predicted octanol–water partition coefficient (Wildman–Crippen LogP) is 3.75. The molecule has 0 radical (unpaired) electrons. The highest BCUT2D eigenvalue weighted by molar-refractivity contribution is 7.10. The van der Waals surface area contributed by atoms with Crippen LogP contribution in [0.1, 0.15) is 24.8 Å². The lowest BCUT2D eigenvalue weighted by molar-refractivity contribution is -0.134. The summed E-state index contributed by atoms with van der Waals surface area (Å²) in [5.41, 5.74) is -0.987. The van der Waals surface area contributed by atoms with Crippen LogP contribution in [0.2, 0.25) is 5.02 Å². The lowest BCUT2D eigenvalue weighted by Gasteiger charge is -2.35. The number of thiophene rings is 1. The van der Waals surface area contributed by atoms with Gasteiger partial charge in [-0.05, 0) is 49.6 Å². The van der Waals surface area contributed by atoms with Gasteiger partial charge in [0.1, 0.15) is 5.75 Å². The van der Waals surface area contributed by atoms with E-state index >= 15 is 0 Å². The molecular weight excluding hydrogens is 384 g/mol. The molecule has 146 valence electrons. The smallest absolute Gasteiger partial charge is 0.263 e. The second-order valence-corrected chi connectivity index (χ2v) is 8.37. The molecule has 0 bridgehead atoms. The maximum absolute atomic E-state index is 12.8. The second kappa shape index (κ2) is 9.06. The Bertz CT molecular complexity index is 728. The normalized spacial score (nSPS) is 16.7. The molecule has 3 rings (SSSR count). The molecule has 1 aromatic heterocycles. The molecule has 1 atom stereocenters. The van der Waals surface area contributed by atoms with Crippen LogP contribution in [0.4, 0.5) is 0 Å². The van der Waals surface area contributed by atoms with Gasteiger partial charge in [0.05, 0.1) is 19.3 Å². The van der Waals surface area contributed by atoms with Crippen LogP contribution in [0.15, 0.2) is 41.8 Å². The van der Waals surface area contributed by atoms with Gasteiger partial charge in [-0.15, -0.1) is 11.3 Å². The van der Waals surface area contributed by atoms with Crippen molar-refractivity contribution in [3.8, 4) is 5.75 Å². The fourth-order valence-electron chi connectivity index (χ4n) is 3.03. The molecule has 1 N–H and O–H groups in total. The summed E-state index contributed by atoms with van der Waals surface area (Å²) in [6, 6.07) is 11.3. The molecule has 0 aliphatic carbocycles. The first kappa shape index (κ1) is 20.1. The molecular formula is C20H25ClN2O3S. The van der Waals surface area contributed by atoms with Gasteiger partial charge in [0.2, 0.25) is 0 Å². The largest absolute Gasteiger partial charge is 0.478 e. The van der Waals surface area contributed by atoms with Gasteiger partial charge < -0.3 is 14.8 Å². The van der Waals surface area contributed by atoms with E-state index in [0.29, 0.717) is 17.3 Å². The van der Waals surface area contributed by atoms with Crippen molar-refractivity contribution in [1.82, 2.24) is 10.2 Å². The minimum Gasteiger partial charge on any atom is -0.478 e. The first-order valence-electron chi connectivity index (χ1n) is 9.04. The molecule has 2 aromatic rings. The van der Waals surface area contributed by atoms with Crippen molar-refractivity contribution in [3.05, 3.63) is 51.7 Å². The summed E-state index contributed by atoms with van der Waals surface area (Å²) in [5.74, 6) is 0.467. The number of rotatable bonds is 7. The van der Waals surface area contributed by atoms with Crippen molar-refractivity contribution in [2.45, 2.75) is 25.5 Å². The van der Waals surface area contributed by atoms with E-state index in [-0.39, 0.29) is 11.9 Å². The number of amides is 1. The molecule has 0 unspecified atom stereocenters. The fraction of sp³-hybridized carbons (Fsp3) is 0.450. The number of hydrogen-bond donors (Lipinski definition) is 1. The number of hydrogen-bond acceptors (Lipinski definition) is 5. The third-order valence-electron chi connectivity index (χ3n) is 4.55. The average molecular weight is 409 g/mol. The van der Waals surface area contributed by atoms with E-state index in [4.69, 9.17) is 21.1 Å². The molecule has 0 saturated carbocycles. The summed E-state index contributed by atoms with van der Waals surface area (Å²) in [6.45, 7) is 7.25. The van der Waals surface area contributed by atoms with Crippen LogP contribution in [-0.2, 0) is 9.53 Å². The topological polar surface area (TPSA) is 50.8 Å². The van der Waals surface area contributed by atoms with E-state index in [1.165, 1.54) is 4.88 Å². The zero-order valence-corrected chi connectivity index (χ0v) is 17.2. The summed E-state index contributed by atoms with van der Waals surface area (Å²) in [7, 11) is 0. The number of ether oxygens (including phenoxy) is 2. The van der Waals surface area contributed by atoms with E-state index in [2.05, 4.69) is 21.7 Å². The summed E-state index contributed by atoms with van der Waals surface area (Å²) < 4.78 is 11.4. The number of carbonyl (C=O) groups is 1. The Kier molecular flexibility index (Phi) is 6.76. The monoisotopic (exact) mass is 408 g/mol. The zero-order valence-electron chi connectivity index (χ0n) is 15.6. The van der Waals surface area contributed by atoms with Gasteiger partial charge in [-0.1, -0.05) is 17.7 Å².